The Morgan fingerprint density at radius 1 is 1.53 bits per heavy atom. The fraction of sp³-hybridized carbons (Fsp3) is 0.333. The molecule has 0 radical (unpaired) electrons. The van der Waals surface area contributed by atoms with Crippen LogP contribution in [0.25, 0.3) is 0 Å². The Morgan fingerprint density at radius 3 is 3.06 bits per heavy atom. The highest BCUT2D eigenvalue weighted by Crippen LogP contribution is 2.24. The zero-order valence-corrected chi connectivity index (χ0v) is 10.9. The zero-order valence-electron chi connectivity index (χ0n) is 9.36. The summed E-state index contributed by atoms with van der Waals surface area (Å²) < 4.78 is 5.50. The van der Waals surface area contributed by atoms with Crippen molar-refractivity contribution in [1.82, 2.24) is 5.43 Å². The van der Waals surface area contributed by atoms with E-state index in [9.17, 15) is 0 Å². The Bertz CT molecular complexity index is 411. The molecule has 1 atom stereocenters. The van der Waals surface area contributed by atoms with Gasteiger partial charge in [0.15, 0.2) is 0 Å². The van der Waals surface area contributed by atoms with Crippen molar-refractivity contribution in [2.45, 2.75) is 17.4 Å². The summed E-state index contributed by atoms with van der Waals surface area (Å²) in [6.07, 6.45) is 3.05. The van der Waals surface area contributed by atoms with E-state index >= 15 is 0 Å². The SMILES string of the molecule is NNC(CSc1cccc(Cl)c1)C1=CCCO1. The number of hydrogen-bond acceptors (Lipinski definition) is 4. The van der Waals surface area contributed by atoms with Crippen molar-refractivity contribution in [3.63, 3.8) is 0 Å². The van der Waals surface area contributed by atoms with Crippen molar-refractivity contribution in [3.8, 4) is 0 Å². The Balaban J connectivity index is 1.91. The molecule has 1 aliphatic heterocycles. The minimum atomic E-state index is 0.0569. The van der Waals surface area contributed by atoms with E-state index in [2.05, 4.69) is 11.5 Å². The summed E-state index contributed by atoms with van der Waals surface area (Å²) in [5, 5.41) is 0.753. The lowest BCUT2D eigenvalue weighted by molar-refractivity contribution is 0.220. The highest BCUT2D eigenvalue weighted by molar-refractivity contribution is 7.99. The first-order valence-electron chi connectivity index (χ1n) is 5.47. The van der Waals surface area contributed by atoms with Crippen LogP contribution in [-0.2, 0) is 4.74 Å². The summed E-state index contributed by atoms with van der Waals surface area (Å²) in [7, 11) is 0. The molecule has 0 aliphatic carbocycles. The first-order valence-corrected chi connectivity index (χ1v) is 6.83. The number of hydrogen-bond donors (Lipinski definition) is 2. The van der Waals surface area contributed by atoms with Crippen LogP contribution in [0.1, 0.15) is 6.42 Å². The fourth-order valence-corrected chi connectivity index (χ4v) is 2.89. The van der Waals surface area contributed by atoms with Gasteiger partial charge in [-0.15, -0.1) is 11.8 Å². The Morgan fingerprint density at radius 2 is 2.41 bits per heavy atom. The molecule has 3 nitrogen and oxygen atoms in total. The summed E-state index contributed by atoms with van der Waals surface area (Å²) >= 11 is 7.64. The van der Waals surface area contributed by atoms with E-state index in [1.807, 2.05) is 24.3 Å². The molecular weight excluding hydrogens is 256 g/mol. The number of thioether (sulfide) groups is 1. The summed E-state index contributed by atoms with van der Waals surface area (Å²) in [4.78, 5) is 1.14. The van der Waals surface area contributed by atoms with Crippen LogP contribution in [0, 0.1) is 0 Å². The minimum Gasteiger partial charge on any atom is -0.496 e. The van der Waals surface area contributed by atoms with Gasteiger partial charge in [0.2, 0.25) is 0 Å². The number of hydrazine groups is 1. The zero-order chi connectivity index (χ0) is 12.1. The van der Waals surface area contributed by atoms with Gasteiger partial charge in [0.05, 0.1) is 12.6 Å². The van der Waals surface area contributed by atoms with Gasteiger partial charge >= 0.3 is 0 Å². The molecule has 1 aromatic carbocycles. The van der Waals surface area contributed by atoms with E-state index in [1.165, 1.54) is 0 Å². The molecule has 0 fully saturated rings. The van der Waals surface area contributed by atoms with Gasteiger partial charge in [-0.1, -0.05) is 17.7 Å². The van der Waals surface area contributed by atoms with Gasteiger partial charge in [0.25, 0.3) is 0 Å². The molecule has 17 heavy (non-hydrogen) atoms. The fourth-order valence-electron chi connectivity index (χ4n) is 1.63. The van der Waals surface area contributed by atoms with Crippen LogP contribution in [0.4, 0.5) is 0 Å². The third-order valence-corrected chi connectivity index (χ3v) is 3.81. The predicted molar refractivity (Wildman–Crippen MR) is 71.9 cm³/mol. The standard InChI is InChI=1S/C12H15ClN2OS/c13-9-3-1-4-10(7-9)17-8-11(15-14)12-5-2-6-16-12/h1,3-5,7,11,15H,2,6,8,14H2. The molecular formula is C12H15ClN2OS. The second-order valence-corrected chi connectivity index (χ2v) is 5.26. The first-order chi connectivity index (χ1) is 8.29. The molecule has 1 aliphatic rings. The van der Waals surface area contributed by atoms with E-state index < -0.39 is 0 Å². The highest BCUT2D eigenvalue weighted by Gasteiger charge is 2.17. The van der Waals surface area contributed by atoms with E-state index in [1.54, 1.807) is 11.8 Å². The minimum absolute atomic E-state index is 0.0569. The normalized spacial score (nSPS) is 16.5. The number of nitrogens with two attached hydrogens (primary N) is 1. The van der Waals surface area contributed by atoms with Crippen molar-refractivity contribution < 1.29 is 4.74 Å². The maximum Gasteiger partial charge on any atom is 0.111 e. The number of benzene rings is 1. The molecule has 5 heteroatoms. The van der Waals surface area contributed by atoms with E-state index in [0.717, 1.165) is 34.5 Å². The number of ether oxygens (including phenoxy) is 1. The molecule has 92 valence electrons. The van der Waals surface area contributed by atoms with Crippen molar-refractivity contribution in [2.75, 3.05) is 12.4 Å². The van der Waals surface area contributed by atoms with Crippen LogP contribution < -0.4 is 11.3 Å². The largest absolute Gasteiger partial charge is 0.496 e. The molecule has 0 saturated carbocycles. The second kappa shape index (κ2) is 6.31. The quantitative estimate of drug-likeness (QED) is 0.490. The van der Waals surface area contributed by atoms with Gasteiger partial charge in [0, 0.05) is 22.1 Å². The number of halogens is 1. The van der Waals surface area contributed by atoms with Crippen LogP contribution >= 0.6 is 23.4 Å². The van der Waals surface area contributed by atoms with Crippen molar-refractivity contribution in [3.05, 3.63) is 41.1 Å². The number of rotatable bonds is 5. The Hall–Kier alpha value is -0.680. The summed E-state index contributed by atoms with van der Waals surface area (Å²) in [6.45, 7) is 0.759. The summed E-state index contributed by atoms with van der Waals surface area (Å²) in [5.41, 5.74) is 2.78. The smallest absolute Gasteiger partial charge is 0.111 e. The summed E-state index contributed by atoms with van der Waals surface area (Å²) in [6, 6.07) is 7.85. The topological polar surface area (TPSA) is 47.3 Å². The van der Waals surface area contributed by atoms with Gasteiger partial charge in [0.1, 0.15) is 5.76 Å². The maximum absolute atomic E-state index is 5.93. The van der Waals surface area contributed by atoms with Crippen LogP contribution in [0.2, 0.25) is 5.02 Å². The Kier molecular flexibility index (Phi) is 4.74. The molecule has 2 rings (SSSR count). The van der Waals surface area contributed by atoms with Crippen molar-refractivity contribution in [2.24, 2.45) is 5.84 Å². The van der Waals surface area contributed by atoms with E-state index in [4.69, 9.17) is 22.2 Å². The molecule has 0 saturated heterocycles. The van der Waals surface area contributed by atoms with Gasteiger partial charge in [-0.05, 0) is 24.3 Å². The third kappa shape index (κ3) is 3.64. The lowest BCUT2D eigenvalue weighted by atomic mass is 10.3. The van der Waals surface area contributed by atoms with Crippen LogP contribution in [0.5, 0.6) is 0 Å². The highest BCUT2D eigenvalue weighted by atomic mass is 35.5. The third-order valence-electron chi connectivity index (χ3n) is 2.49. The van der Waals surface area contributed by atoms with Gasteiger partial charge in [-0.25, -0.2) is 5.43 Å². The molecule has 1 heterocycles. The van der Waals surface area contributed by atoms with Gasteiger partial charge in [-0.3, -0.25) is 5.84 Å². The van der Waals surface area contributed by atoms with E-state index in [-0.39, 0.29) is 6.04 Å². The molecule has 1 unspecified atom stereocenters. The lowest BCUT2D eigenvalue weighted by Gasteiger charge is -2.16. The first kappa shape index (κ1) is 12.8. The van der Waals surface area contributed by atoms with Crippen LogP contribution in [0.3, 0.4) is 0 Å². The maximum atomic E-state index is 5.93. The molecule has 0 spiro atoms. The molecule has 3 N–H and O–H groups in total. The second-order valence-electron chi connectivity index (χ2n) is 3.73. The summed E-state index contributed by atoms with van der Waals surface area (Å²) in [5.74, 6) is 7.30. The average Bonchev–Trinajstić information content (AvgIpc) is 2.84. The monoisotopic (exact) mass is 270 g/mol. The van der Waals surface area contributed by atoms with Gasteiger partial charge in [-0.2, -0.15) is 0 Å². The van der Waals surface area contributed by atoms with Crippen molar-refractivity contribution >= 4 is 23.4 Å². The molecule has 0 aromatic heterocycles. The molecule has 0 amide bonds. The number of nitrogens with one attached hydrogen (secondary N) is 1. The van der Waals surface area contributed by atoms with Crippen molar-refractivity contribution in [1.29, 1.82) is 0 Å². The van der Waals surface area contributed by atoms with Crippen LogP contribution in [0.15, 0.2) is 41.0 Å². The predicted octanol–water partition coefficient (Wildman–Crippen LogP) is 2.57. The lowest BCUT2D eigenvalue weighted by Crippen LogP contribution is -2.38. The Labute approximate surface area is 110 Å². The van der Waals surface area contributed by atoms with E-state index in [0.29, 0.717) is 0 Å². The van der Waals surface area contributed by atoms with Crippen LogP contribution in [-0.4, -0.2) is 18.4 Å². The molecule has 0 bridgehead atoms. The molecule has 1 aromatic rings. The average molecular weight is 271 g/mol. The van der Waals surface area contributed by atoms with Gasteiger partial charge < -0.3 is 4.74 Å².